The van der Waals surface area contributed by atoms with Crippen molar-refractivity contribution in [2.45, 2.75) is 71.3 Å². The summed E-state index contributed by atoms with van der Waals surface area (Å²) in [6.07, 6.45) is 7.64. The molecule has 2 rings (SSSR count). The normalized spacial score (nSPS) is 20.9. The molecule has 1 heterocycles. The minimum absolute atomic E-state index is 0.102. The number of nitrogens with two attached hydrogens (primary N) is 1. The Balaban J connectivity index is 2.31. The van der Waals surface area contributed by atoms with Gasteiger partial charge < -0.3 is 20.1 Å². The Morgan fingerprint density at radius 2 is 2.20 bits per heavy atom. The standard InChI is InChI=1S/C21H35N5O3S/c1-20(2)9-7-6-8-16(20)17-12-18(29-11-10-21(3,4)27)25-19(24-17)26-30(28)15(13-22)14-23-5/h12-14,16,27H,6-11,22H2,1-5H3,(H,24,25,26). The minimum atomic E-state index is -1.65. The molecule has 4 N–H and O–H groups in total. The second kappa shape index (κ2) is 10.5. The lowest BCUT2D eigenvalue weighted by molar-refractivity contribution is 0.0546. The SMILES string of the molecule is CN=CC(=CN)[S+]([O-])Nc1nc(OCCC(C)(C)O)cc(C2CCCCC2(C)C)n1. The number of aliphatic imine (C=N–C) groups is 1. The monoisotopic (exact) mass is 437 g/mol. The second-order valence-electron chi connectivity index (χ2n) is 8.98. The number of anilines is 1. The Morgan fingerprint density at radius 3 is 2.80 bits per heavy atom. The van der Waals surface area contributed by atoms with Crippen LogP contribution in [0.5, 0.6) is 5.88 Å². The third-order valence-electron chi connectivity index (χ3n) is 5.37. The summed E-state index contributed by atoms with van der Waals surface area (Å²) >= 11 is -1.65. The molecular formula is C21H35N5O3S. The molecule has 1 aromatic heterocycles. The first kappa shape index (κ1) is 24.4. The van der Waals surface area contributed by atoms with Gasteiger partial charge in [-0.3, -0.25) is 4.99 Å². The number of allylic oxidation sites excluding steroid dienone is 1. The Hall–Kier alpha value is -1.84. The van der Waals surface area contributed by atoms with Gasteiger partial charge in [-0.15, -0.1) is 0 Å². The van der Waals surface area contributed by atoms with Crippen LogP contribution < -0.4 is 15.2 Å². The van der Waals surface area contributed by atoms with Gasteiger partial charge in [0.25, 0.3) is 5.95 Å². The molecule has 1 aromatic rings. The van der Waals surface area contributed by atoms with Crippen LogP contribution in [0.4, 0.5) is 5.95 Å². The number of nitrogens with one attached hydrogen (secondary N) is 1. The van der Waals surface area contributed by atoms with Crippen LogP contribution in [0.3, 0.4) is 0 Å². The number of ether oxygens (including phenoxy) is 1. The topological polar surface area (TPSA) is 129 Å². The van der Waals surface area contributed by atoms with Crippen LogP contribution in [0.15, 0.2) is 22.2 Å². The van der Waals surface area contributed by atoms with Gasteiger partial charge in [-0.05, 0) is 32.1 Å². The number of hydrogen-bond acceptors (Lipinski definition) is 8. The fraction of sp³-hybridized carbons (Fsp3) is 0.667. The first-order chi connectivity index (χ1) is 14.1. The molecule has 0 bridgehead atoms. The molecule has 0 spiro atoms. The average Bonchev–Trinajstić information content (AvgIpc) is 2.64. The van der Waals surface area contributed by atoms with Crippen molar-refractivity contribution in [1.29, 1.82) is 0 Å². The van der Waals surface area contributed by atoms with Crippen molar-refractivity contribution in [1.82, 2.24) is 9.97 Å². The molecule has 1 aliphatic rings. The lowest BCUT2D eigenvalue weighted by atomic mass is 9.67. The van der Waals surface area contributed by atoms with Crippen molar-refractivity contribution in [3.05, 3.63) is 22.9 Å². The van der Waals surface area contributed by atoms with Crippen molar-refractivity contribution >= 4 is 23.5 Å². The summed E-state index contributed by atoms with van der Waals surface area (Å²) in [5.74, 6) is 0.864. The fourth-order valence-corrected chi connectivity index (χ4v) is 4.31. The van der Waals surface area contributed by atoms with Crippen LogP contribution in [0.25, 0.3) is 0 Å². The Bertz CT molecular complexity index is 761. The summed E-state index contributed by atoms with van der Waals surface area (Å²) in [6.45, 7) is 8.29. The van der Waals surface area contributed by atoms with Crippen molar-refractivity contribution in [3.8, 4) is 5.88 Å². The third-order valence-corrected chi connectivity index (χ3v) is 6.41. The fourth-order valence-electron chi connectivity index (χ4n) is 3.61. The quantitative estimate of drug-likeness (QED) is 0.399. The Morgan fingerprint density at radius 1 is 1.47 bits per heavy atom. The van der Waals surface area contributed by atoms with Gasteiger partial charge in [0, 0.05) is 25.5 Å². The van der Waals surface area contributed by atoms with Crippen LogP contribution in [0, 0.1) is 5.41 Å². The maximum absolute atomic E-state index is 12.6. The van der Waals surface area contributed by atoms with E-state index < -0.39 is 17.0 Å². The largest absolute Gasteiger partial charge is 0.588 e. The molecule has 168 valence electrons. The minimum Gasteiger partial charge on any atom is -0.588 e. The molecule has 8 nitrogen and oxygen atoms in total. The van der Waals surface area contributed by atoms with E-state index in [4.69, 9.17) is 10.5 Å². The van der Waals surface area contributed by atoms with Gasteiger partial charge in [0.05, 0.1) is 30.3 Å². The first-order valence-corrected chi connectivity index (χ1v) is 11.5. The van der Waals surface area contributed by atoms with E-state index in [9.17, 15) is 9.66 Å². The smallest absolute Gasteiger partial charge is 0.269 e. The number of nitrogens with zero attached hydrogens (tertiary/aromatic N) is 3. The highest BCUT2D eigenvalue weighted by Gasteiger charge is 2.35. The highest BCUT2D eigenvalue weighted by Crippen LogP contribution is 2.46. The van der Waals surface area contributed by atoms with Crippen LogP contribution in [0.1, 0.15) is 71.4 Å². The van der Waals surface area contributed by atoms with Crippen molar-refractivity contribution < 1.29 is 14.4 Å². The van der Waals surface area contributed by atoms with Gasteiger partial charge in [-0.2, -0.15) is 9.71 Å². The Kier molecular flexibility index (Phi) is 8.52. The first-order valence-electron chi connectivity index (χ1n) is 10.3. The third kappa shape index (κ3) is 7.14. The zero-order valence-corrected chi connectivity index (χ0v) is 19.5. The van der Waals surface area contributed by atoms with Gasteiger partial charge >= 0.3 is 0 Å². The zero-order valence-electron chi connectivity index (χ0n) is 18.6. The highest BCUT2D eigenvalue weighted by molar-refractivity contribution is 7.97. The van der Waals surface area contributed by atoms with Crippen LogP contribution in [-0.4, -0.2) is 45.1 Å². The van der Waals surface area contributed by atoms with E-state index in [1.807, 2.05) is 6.07 Å². The van der Waals surface area contributed by atoms with E-state index in [0.29, 0.717) is 23.8 Å². The lowest BCUT2D eigenvalue weighted by Gasteiger charge is -2.38. The van der Waals surface area contributed by atoms with E-state index in [-0.39, 0.29) is 17.3 Å². The molecule has 1 fully saturated rings. The molecule has 2 unspecified atom stereocenters. The molecular weight excluding hydrogens is 402 g/mol. The summed E-state index contributed by atoms with van der Waals surface area (Å²) < 4.78 is 21.2. The van der Waals surface area contributed by atoms with E-state index in [2.05, 4.69) is 33.5 Å². The predicted octanol–water partition coefficient (Wildman–Crippen LogP) is 3.28. The van der Waals surface area contributed by atoms with E-state index in [1.165, 1.54) is 18.8 Å². The molecule has 0 radical (unpaired) electrons. The van der Waals surface area contributed by atoms with Gasteiger partial charge in [0.15, 0.2) is 0 Å². The number of aliphatic hydroxyl groups is 1. The summed E-state index contributed by atoms with van der Waals surface area (Å²) in [7, 11) is 1.58. The predicted molar refractivity (Wildman–Crippen MR) is 122 cm³/mol. The van der Waals surface area contributed by atoms with Crippen LogP contribution in [0.2, 0.25) is 0 Å². The Labute approximate surface area is 182 Å². The van der Waals surface area contributed by atoms with E-state index >= 15 is 0 Å². The average molecular weight is 438 g/mol. The molecule has 0 aliphatic heterocycles. The van der Waals surface area contributed by atoms with Crippen molar-refractivity contribution in [2.75, 3.05) is 18.4 Å². The summed E-state index contributed by atoms with van der Waals surface area (Å²) in [5.41, 5.74) is 5.70. The van der Waals surface area contributed by atoms with Crippen molar-refractivity contribution in [2.24, 2.45) is 16.1 Å². The molecule has 0 saturated heterocycles. The van der Waals surface area contributed by atoms with E-state index in [0.717, 1.165) is 25.0 Å². The molecule has 1 saturated carbocycles. The molecule has 9 heteroatoms. The highest BCUT2D eigenvalue weighted by atomic mass is 32.2. The number of rotatable bonds is 9. The second-order valence-corrected chi connectivity index (χ2v) is 10.2. The number of hydrogen-bond donors (Lipinski definition) is 3. The van der Waals surface area contributed by atoms with E-state index in [1.54, 1.807) is 20.9 Å². The lowest BCUT2D eigenvalue weighted by Crippen LogP contribution is -2.27. The molecule has 30 heavy (non-hydrogen) atoms. The maximum Gasteiger partial charge on any atom is 0.269 e. The van der Waals surface area contributed by atoms with Gasteiger partial charge in [-0.1, -0.05) is 26.7 Å². The maximum atomic E-state index is 12.6. The van der Waals surface area contributed by atoms with Crippen molar-refractivity contribution in [3.63, 3.8) is 0 Å². The molecule has 0 aromatic carbocycles. The van der Waals surface area contributed by atoms with Gasteiger partial charge in [0.2, 0.25) is 10.8 Å². The molecule has 2 atom stereocenters. The van der Waals surface area contributed by atoms with Gasteiger partial charge in [0.1, 0.15) is 11.4 Å². The summed E-state index contributed by atoms with van der Waals surface area (Å²) in [4.78, 5) is 13.2. The molecule has 0 amide bonds. The van der Waals surface area contributed by atoms with Crippen LogP contribution in [-0.2, 0) is 11.4 Å². The number of aromatic nitrogens is 2. The van der Waals surface area contributed by atoms with Crippen LogP contribution >= 0.6 is 0 Å². The summed E-state index contributed by atoms with van der Waals surface area (Å²) in [6, 6.07) is 1.86. The van der Waals surface area contributed by atoms with Gasteiger partial charge in [-0.25, -0.2) is 4.98 Å². The molecule has 1 aliphatic carbocycles. The summed E-state index contributed by atoms with van der Waals surface area (Å²) in [5, 5.41) is 9.94. The zero-order chi connectivity index (χ0) is 22.4.